The maximum Gasteiger partial charge on any atom is 0.320 e. The van der Waals surface area contributed by atoms with Crippen molar-refractivity contribution < 1.29 is 38.0 Å². The lowest BCUT2D eigenvalue weighted by Crippen LogP contribution is -2.27. The smallest absolute Gasteiger partial charge is 0.320 e. The molecular formula is C30H42Br2O8. The van der Waals surface area contributed by atoms with Gasteiger partial charge in [0.2, 0.25) is 0 Å². The fourth-order valence-electron chi connectivity index (χ4n) is 3.73. The second-order valence-corrected chi connectivity index (χ2v) is 11.1. The number of halogens is 2. The number of carbonyl (C=O) groups excluding carboxylic acids is 2. The Hall–Kier alpha value is -2.46. The van der Waals surface area contributed by atoms with Crippen LogP contribution in [0.25, 0.3) is 0 Å². The van der Waals surface area contributed by atoms with E-state index < -0.39 is 17.9 Å². The SMILES string of the molecule is CCCc1cc(OC(C)C)c(OC)cc1Br.COC(=O)C(CCc1cc(OC(C)C)c(OC)cc1Br)C(=O)OC. The van der Waals surface area contributed by atoms with Gasteiger partial charge < -0.3 is 28.4 Å². The number of carbonyl (C=O) groups is 2. The average Bonchev–Trinajstić information content (AvgIpc) is 2.91. The van der Waals surface area contributed by atoms with E-state index in [4.69, 9.17) is 18.9 Å². The largest absolute Gasteiger partial charge is 0.493 e. The zero-order valence-electron chi connectivity index (χ0n) is 24.9. The van der Waals surface area contributed by atoms with Crippen molar-refractivity contribution in [1.29, 1.82) is 0 Å². The maximum absolute atomic E-state index is 11.8. The van der Waals surface area contributed by atoms with Crippen molar-refractivity contribution in [1.82, 2.24) is 0 Å². The summed E-state index contributed by atoms with van der Waals surface area (Å²) < 4.78 is 33.3. The Morgan fingerprint density at radius 1 is 0.675 bits per heavy atom. The Kier molecular flexibility index (Phi) is 16.1. The first-order chi connectivity index (χ1) is 18.9. The van der Waals surface area contributed by atoms with Gasteiger partial charge in [0.05, 0.1) is 40.6 Å². The summed E-state index contributed by atoms with van der Waals surface area (Å²) in [5.74, 6) is 0.651. The molecule has 40 heavy (non-hydrogen) atoms. The zero-order chi connectivity index (χ0) is 30.4. The summed E-state index contributed by atoms with van der Waals surface area (Å²) in [6, 6.07) is 7.68. The fourth-order valence-corrected chi connectivity index (χ4v) is 4.78. The lowest BCUT2D eigenvalue weighted by molar-refractivity contribution is -0.159. The number of aryl methyl sites for hydroxylation is 2. The highest BCUT2D eigenvalue weighted by atomic mass is 79.9. The van der Waals surface area contributed by atoms with Crippen molar-refractivity contribution in [3.05, 3.63) is 44.3 Å². The molecule has 0 radical (unpaired) electrons. The van der Waals surface area contributed by atoms with Crippen molar-refractivity contribution in [2.45, 2.75) is 72.5 Å². The third-order valence-corrected chi connectivity index (χ3v) is 7.06. The van der Waals surface area contributed by atoms with Crippen LogP contribution in [0.3, 0.4) is 0 Å². The molecule has 224 valence electrons. The van der Waals surface area contributed by atoms with Crippen LogP contribution >= 0.6 is 31.9 Å². The van der Waals surface area contributed by atoms with E-state index in [1.54, 1.807) is 20.3 Å². The van der Waals surface area contributed by atoms with E-state index in [1.165, 1.54) is 19.8 Å². The van der Waals surface area contributed by atoms with Crippen LogP contribution in [0.1, 0.15) is 58.6 Å². The van der Waals surface area contributed by atoms with Gasteiger partial charge in [0.25, 0.3) is 0 Å². The number of methoxy groups -OCH3 is 4. The molecule has 0 heterocycles. The number of hydrogen-bond donors (Lipinski definition) is 0. The second-order valence-electron chi connectivity index (χ2n) is 9.41. The van der Waals surface area contributed by atoms with Crippen LogP contribution in [0.5, 0.6) is 23.0 Å². The van der Waals surface area contributed by atoms with Crippen molar-refractivity contribution in [3.8, 4) is 23.0 Å². The van der Waals surface area contributed by atoms with Crippen molar-refractivity contribution >= 4 is 43.8 Å². The lowest BCUT2D eigenvalue weighted by Gasteiger charge is -2.17. The van der Waals surface area contributed by atoms with E-state index in [2.05, 4.69) is 54.3 Å². The second kappa shape index (κ2) is 18.1. The van der Waals surface area contributed by atoms with Crippen molar-refractivity contribution in [3.63, 3.8) is 0 Å². The summed E-state index contributed by atoms with van der Waals surface area (Å²) >= 11 is 7.03. The van der Waals surface area contributed by atoms with Crippen LogP contribution in [0, 0.1) is 5.92 Å². The number of esters is 2. The van der Waals surface area contributed by atoms with Gasteiger partial charge in [-0.3, -0.25) is 9.59 Å². The van der Waals surface area contributed by atoms with E-state index in [0.717, 1.165) is 38.8 Å². The van der Waals surface area contributed by atoms with Crippen molar-refractivity contribution in [2.24, 2.45) is 5.92 Å². The highest BCUT2D eigenvalue weighted by Gasteiger charge is 2.28. The van der Waals surface area contributed by atoms with E-state index in [0.29, 0.717) is 17.9 Å². The Bertz CT molecular complexity index is 1090. The molecule has 0 amide bonds. The van der Waals surface area contributed by atoms with Crippen LogP contribution in [-0.2, 0) is 31.9 Å². The summed E-state index contributed by atoms with van der Waals surface area (Å²) in [7, 11) is 5.72. The van der Waals surface area contributed by atoms with Crippen LogP contribution in [0.2, 0.25) is 0 Å². The minimum atomic E-state index is -0.955. The first-order valence-corrected chi connectivity index (χ1v) is 14.7. The van der Waals surface area contributed by atoms with Gasteiger partial charge in [-0.2, -0.15) is 0 Å². The molecule has 0 N–H and O–H groups in total. The van der Waals surface area contributed by atoms with E-state index >= 15 is 0 Å². The minimum Gasteiger partial charge on any atom is -0.493 e. The molecule has 0 aromatic heterocycles. The summed E-state index contributed by atoms with van der Waals surface area (Å²) in [4.78, 5) is 23.5. The molecule has 0 unspecified atom stereocenters. The molecule has 0 aliphatic rings. The lowest BCUT2D eigenvalue weighted by atomic mass is 9.99. The molecule has 0 fully saturated rings. The third kappa shape index (κ3) is 11.2. The van der Waals surface area contributed by atoms with Crippen LogP contribution in [0.4, 0.5) is 0 Å². The van der Waals surface area contributed by atoms with Gasteiger partial charge in [0.1, 0.15) is 0 Å². The van der Waals surface area contributed by atoms with Crippen LogP contribution < -0.4 is 18.9 Å². The molecule has 0 aliphatic carbocycles. The Balaban J connectivity index is 0.000000433. The average molecular weight is 690 g/mol. The predicted octanol–water partition coefficient (Wildman–Crippen LogP) is 7.34. The van der Waals surface area contributed by atoms with Gasteiger partial charge in [-0.15, -0.1) is 0 Å². The minimum absolute atomic E-state index is 0.00851. The first-order valence-electron chi connectivity index (χ1n) is 13.1. The number of rotatable bonds is 13. The molecule has 0 aliphatic heterocycles. The van der Waals surface area contributed by atoms with Gasteiger partial charge in [-0.1, -0.05) is 45.2 Å². The summed E-state index contributed by atoms with van der Waals surface area (Å²) in [5, 5.41) is 0. The zero-order valence-corrected chi connectivity index (χ0v) is 28.1. The molecule has 10 heteroatoms. The molecule has 2 aromatic rings. The molecule has 2 aromatic carbocycles. The molecule has 0 atom stereocenters. The standard InChI is InChI=1S/C17H23BrO6.C13H19BrO2/c1-10(2)24-15-8-11(13(18)9-14(15)21-3)6-7-12(16(19)22-4)17(20)23-5;1-5-6-10-7-13(16-9(2)3)12(15-4)8-11(10)14/h8-10,12H,6-7H2,1-5H3;7-9H,5-6H2,1-4H3. The fraction of sp³-hybridized carbons (Fsp3) is 0.533. The Morgan fingerprint density at radius 2 is 1.07 bits per heavy atom. The maximum atomic E-state index is 11.8. The van der Waals surface area contributed by atoms with E-state index in [-0.39, 0.29) is 18.6 Å². The highest BCUT2D eigenvalue weighted by Crippen LogP contribution is 2.36. The normalized spacial score (nSPS) is 10.7. The number of benzene rings is 2. The van der Waals surface area contributed by atoms with Crippen LogP contribution in [0.15, 0.2) is 33.2 Å². The highest BCUT2D eigenvalue weighted by molar-refractivity contribution is 9.10. The topological polar surface area (TPSA) is 89.5 Å². The number of hydrogen-bond acceptors (Lipinski definition) is 8. The Labute approximate surface area is 255 Å². The van der Waals surface area contributed by atoms with E-state index in [9.17, 15) is 9.59 Å². The third-order valence-electron chi connectivity index (χ3n) is 5.58. The summed E-state index contributed by atoms with van der Waals surface area (Å²) in [6.45, 7) is 10.0. The molecule has 0 saturated carbocycles. The summed E-state index contributed by atoms with van der Waals surface area (Å²) in [6.07, 6.45) is 3.04. The van der Waals surface area contributed by atoms with Gasteiger partial charge in [0.15, 0.2) is 28.9 Å². The van der Waals surface area contributed by atoms with Gasteiger partial charge in [0, 0.05) is 8.95 Å². The molecular weight excluding hydrogens is 648 g/mol. The molecule has 2 rings (SSSR count). The quantitative estimate of drug-likeness (QED) is 0.160. The van der Waals surface area contributed by atoms with Gasteiger partial charge in [-0.25, -0.2) is 0 Å². The Morgan fingerprint density at radius 3 is 1.40 bits per heavy atom. The first kappa shape index (κ1) is 35.6. The molecule has 0 spiro atoms. The summed E-state index contributed by atoms with van der Waals surface area (Å²) in [5.41, 5.74) is 2.16. The van der Waals surface area contributed by atoms with Gasteiger partial charge >= 0.3 is 11.9 Å². The molecule has 0 bridgehead atoms. The number of ether oxygens (including phenoxy) is 6. The predicted molar refractivity (Wildman–Crippen MR) is 163 cm³/mol. The van der Waals surface area contributed by atoms with Gasteiger partial charge in [-0.05, 0) is 82.3 Å². The van der Waals surface area contributed by atoms with E-state index in [1.807, 2.05) is 39.8 Å². The molecule has 0 saturated heterocycles. The van der Waals surface area contributed by atoms with Crippen molar-refractivity contribution in [2.75, 3.05) is 28.4 Å². The molecule has 8 nitrogen and oxygen atoms in total. The monoisotopic (exact) mass is 688 g/mol. The van der Waals surface area contributed by atoms with Crippen LogP contribution in [-0.4, -0.2) is 52.6 Å².